The molecule has 1 saturated heterocycles. The van der Waals surface area contributed by atoms with Gasteiger partial charge in [0.2, 0.25) is 0 Å². The largest absolute Gasteiger partial charge is 0.356 e. The Morgan fingerprint density at radius 2 is 2.21 bits per heavy atom. The standard InChI is InChI=1S/C14H14FN3O/c15-11-1-2-14-12(7-11)13(17-19-14)9-18-5-3-10(8-16)4-6-18/h1-2,7,10H,3-6,9H2. The lowest BCUT2D eigenvalue weighted by Gasteiger charge is -2.28. The fourth-order valence-electron chi connectivity index (χ4n) is 2.51. The summed E-state index contributed by atoms with van der Waals surface area (Å²) in [6.07, 6.45) is 1.78. The molecule has 0 aliphatic carbocycles. The number of piperidine rings is 1. The maximum Gasteiger partial charge on any atom is 0.167 e. The summed E-state index contributed by atoms with van der Waals surface area (Å²) >= 11 is 0. The molecule has 3 rings (SSSR count). The second-order valence-corrected chi connectivity index (χ2v) is 4.95. The zero-order chi connectivity index (χ0) is 13.2. The number of halogens is 1. The van der Waals surface area contributed by atoms with E-state index in [2.05, 4.69) is 16.1 Å². The van der Waals surface area contributed by atoms with Crippen LogP contribution in [0.4, 0.5) is 4.39 Å². The van der Waals surface area contributed by atoms with Crippen molar-refractivity contribution in [3.8, 4) is 6.07 Å². The highest BCUT2D eigenvalue weighted by Crippen LogP contribution is 2.23. The topological polar surface area (TPSA) is 53.1 Å². The molecule has 0 radical (unpaired) electrons. The van der Waals surface area contributed by atoms with Gasteiger partial charge in [-0.15, -0.1) is 0 Å². The summed E-state index contributed by atoms with van der Waals surface area (Å²) in [5, 5.41) is 13.6. The van der Waals surface area contributed by atoms with E-state index in [0.29, 0.717) is 12.1 Å². The van der Waals surface area contributed by atoms with Crippen molar-refractivity contribution < 1.29 is 8.91 Å². The van der Waals surface area contributed by atoms with Crippen LogP contribution in [0.5, 0.6) is 0 Å². The first-order valence-electron chi connectivity index (χ1n) is 6.42. The van der Waals surface area contributed by atoms with Crippen LogP contribution >= 0.6 is 0 Å². The molecule has 5 heteroatoms. The molecule has 4 nitrogen and oxygen atoms in total. The SMILES string of the molecule is N#CC1CCN(Cc2noc3ccc(F)cc23)CC1. The van der Waals surface area contributed by atoms with Crippen LogP contribution in [0, 0.1) is 23.1 Å². The Labute approximate surface area is 110 Å². The van der Waals surface area contributed by atoms with Crippen LogP contribution < -0.4 is 0 Å². The Hall–Kier alpha value is -1.93. The summed E-state index contributed by atoms with van der Waals surface area (Å²) in [5.74, 6) is -0.108. The molecule has 1 aromatic carbocycles. The van der Waals surface area contributed by atoms with Gasteiger partial charge in [0.05, 0.1) is 6.07 Å². The number of fused-ring (bicyclic) bond motifs is 1. The molecular weight excluding hydrogens is 245 g/mol. The van der Waals surface area contributed by atoms with Crippen molar-refractivity contribution in [1.29, 1.82) is 5.26 Å². The van der Waals surface area contributed by atoms with Gasteiger partial charge < -0.3 is 4.52 Å². The van der Waals surface area contributed by atoms with Gasteiger partial charge in [-0.25, -0.2) is 4.39 Å². The summed E-state index contributed by atoms with van der Waals surface area (Å²) in [6.45, 7) is 2.40. The fraction of sp³-hybridized carbons (Fsp3) is 0.429. The molecule has 1 aliphatic heterocycles. The number of nitrogens with zero attached hydrogens (tertiary/aromatic N) is 3. The second-order valence-electron chi connectivity index (χ2n) is 4.95. The molecule has 0 atom stereocenters. The molecule has 0 saturated carbocycles. The van der Waals surface area contributed by atoms with Gasteiger partial charge in [-0.2, -0.15) is 5.26 Å². The predicted octanol–water partition coefficient (Wildman–Crippen LogP) is 2.70. The minimum absolute atomic E-state index is 0.169. The van der Waals surface area contributed by atoms with Gasteiger partial charge in [0.25, 0.3) is 0 Å². The zero-order valence-electron chi connectivity index (χ0n) is 10.5. The summed E-state index contributed by atoms with van der Waals surface area (Å²) in [6, 6.07) is 6.74. The van der Waals surface area contributed by atoms with E-state index >= 15 is 0 Å². The van der Waals surface area contributed by atoms with Gasteiger partial charge >= 0.3 is 0 Å². The van der Waals surface area contributed by atoms with Gasteiger partial charge in [-0.3, -0.25) is 4.90 Å². The first-order chi connectivity index (χ1) is 9.26. The van der Waals surface area contributed by atoms with Crippen molar-refractivity contribution in [2.45, 2.75) is 19.4 Å². The van der Waals surface area contributed by atoms with E-state index in [1.807, 2.05) is 0 Å². The Bertz CT molecular complexity index is 623. The van der Waals surface area contributed by atoms with Crippen LogP contribution in [-0.4, -0.2) is 23.1 Å². The Balaban J connectivity index is 1.75. The summed E-state index contributed by atoms with van der Waals surface area (Å²) < 4.78 is 18.4. The average Bonchev–Trinajstić information content (AvgIpc) is 2.82. The molecule has 98 valence electrons. The van der Waals surface area contributed by atoms with Gasteiger partial charge in [0, 0.05) is 17.8 Å². The number of likely N-dealkylation sites (tertiary alicyclic amines) is 1. The maximum absolute atomic E-state index is 13.3. The summed E-state index contributed by atoms with van der Waals surface area (Å²) in [7, 11) is 0. The molecule has 0 amide bonds. The normalized spacial score (nSPS) is 17.7. The first-order valence-corrected chi connectivity index (χ1v) is 6.42. The molecule has 0 bridgehead atoms. The van der Waals surface area contributed by atoms with Gasteiger partial charge in [0.1, 0.15) is 11.5 Å². The molecule has 0 N–H and O–H groups in total. The minimum Gasteiger partial charge on any atom is -0.356 e. The maximum atomic E-state index is 13.3. The van der Waals surface area contributed by atoms with Crippen LogP contribution in [0.15, 0.2) is 22.7 Å². The predicted molar refractivity (Wildman–Crippen MR) is 67.6 cm³/mol. The molecule has 1 aromatic heterocycles. The molecule has 1 aliphatic rings. The lowest BCUT2D eigenvalue weighted by atomic mass is 9.98. The highest BCUT2D eigenvalue weighted by atomic mass is 19.1. The first kappa shape index (κ1) is 12.1. The number of nitriles is 1. The van der Waals surface area contributed by atoms with E-state index in [1.54, 1.807) is 6.07 Å². The zero-order valence-corrected chi connectivity index (χ0v) is 10.5. The highest BCUT2D eigenvalue weighted by molar-refractivity contribution is 5.79. The molecule has 2 aromatic rings. The van der Waals surface area contributed by atoms with E-state index in [0.717, 1.165) is 37.0 Å². The molecular formula is C14H14FN3O. The molecule has 19 heavy (non-hydrogen) atoms. The van der Waals surface area contributed by atoms with E-state index < -0.39 is 0 Å². The van der Waals surface area contributed by atoms with Crippen LogP contribution in [0.25, 0.3) is 11.0 Å². The van der Waals surface area contributed by atoms with Crippen molar-refractivity contribution in [2.75, 3.05) is 13.1 Å². The van der Waals surface area contributed by atoms with Gasteiger partial charge in [0.15, 0.2) is 5.58 Å². The van der Waals surface area contributed by atoms with Gasteiger partial charge in [-0.05, 0) is 44.1 Å². The van der Waals surface area contributed by atoms with E-state index in [9.17, 15) is 4.39 Å². The fourth-order valence-corrected chi connectivity index (χ4v) is 2.51. The van der Waals surface area contributed by atoms with Crippen LogP contribution in [-0.2, 0) is 6.54 Å². The molecule has 0 unspecified atom stereocenters. The second kappa shape index (κ2) is 4.98. The minimum atomic E-state index is -0.278. The van der Waals surface area contributed by atoms with Crippen LogP contribution in [0.3, 0.4) is 0 Å². The van der Waals surface area contributed by atoms with E-state index in [4.69, 9.17) is 9.78 Å². The lowest BCUT2D eigenvalue weighted by Crippen LogP contribution is -2.32. The number of benzene rings is 1. The van der Waals surface area contributed by atoms with Crippen molar-refractivity contribution >= 4 is 11.0 Å². The summed E-state index contributed by atoms with van der Waals surface area (Å²) in [4.78, 5) is 2.23. The molecule has 0 spiro atoms. The Morgan fingerprint density at radius 1 is 1.42 bits per heavy atom. The molecule has 1 fully saturated rings. The lowest BCUT2D eigenvalue weighted by molar-refractivity contribution is 0.194. The van der Waals surface area contributed by atoms with Crippen molar-refractivity contribution in [3.05, 3.63) is 29.7 Å². The smallest absolute Gasteiger partial charge is 0.167 e. The quantitative estimate of drug-likeness (QED) is 0.832. The Morgan fingerprint density at radius 3 is 2.95 bits per heavy atom. The third-order valence-corrected chi connectivity index (χ3v) is 3.65. The Kier molecular flexibility index (Phi) is 3.18. The number of aromatic nitrogens is 1. The number of rotatable bonds is 2. The third-order valence-electron chi connectivity index (χ3n) is 3.65. The monoisotopic (exact) mass is 259 g/mol. The summed E-state index contributed by atoms with van der Waals surface area (Å²) in [5.41, 5.74) is 1.38. The third kappa shape index (κ3) is 2.45. The van der Waals surface area contributed by atoms with Crippen molar-refractivity contribution in [3.63, 3.8) is 0 Å². The van der Waals surface area contributed by atoms with Crippen LogP contribution in [0.2, 0.25) is 0 Å². The average molecular weight is 259 g/mol. The number of hydrogen-bond donors (Lipinski definition) is 0. The van der Waals surface area contributed by atoms with E-state index in [-0.39, 0.29) is 11.7 Å². The van der Waals surface area contributed by atoms with Gasteiger partial charge in [-0.1, -0.05) is 5.16 Å². The van der Waals surface area contributed by atoms with Crippen molar-refractivity contribution in [1.82, 2.24) is 10.1 Å². The van der Waals surface area contributed by atoms with Crippen molar-refractivity contribution in [2.24, 2.45) is 5.92 Å². The van der Waals surface area contributed by atoms with E-state index in [1.165, 1.54) is 12.1 Å². The highest BCUT2D eigenvalue weighted by Gasteiger charge is 2.20. The number of hydrogen-bond acceptors (Lipinski definition) is 4. The molecule has 2 heterocycles. The van der Waals surface area contributed by atoms with Crippen LogP contribution in [0.1, 0.15) is 18.5 Å².